The number of aryl methyl sites for hydroxylation is 1. The molecule has 2 aromatic heterocycles. The van der Waals surface area contributed by atoms with E-state index in [1.54, 1.807) is 6.26 Å². The summed E-state index contributed by atoms with van der Waals surface area (Å²) in [6, 6.07) is 21.5. The fraction of sp³-hybridized carbons (Fsp3) is 0.259. The van der Waals surface area contributed by atoms with Crippen molar-refractivity contribution in [2.75, 3.05) is 0 Å². The van der Waals surface area contributed by atoms with Gasteiger partial charge in [-0.15, -0.1) is 0 Å². The molecule has 0 aliphatic heterocycles. The number of carboxylic acids is 1. The van der Waals surface area contributed by atoms with Crippen molar-refractivity contribution >= 4 is 5.97 Å². The minimum atomic E-state index is -1.29. The van der Waals surface area contributed by atoms with Gasteiger partial charge in [0, 0.05) is 24.8 Å². The van der Waals surface area contributed by atoms with Crippen LogP contribution < -0.4 is 4.74 Å². The second kappa shape index (κ2) is 9.97. The summed E-state index contributed by atoms with van der Waals surface area (Å²) >= 11 is 0. The zero-order chi connectivity index (χ0) is 24.1. The third-order valence-electron chi connectivity index (χ3n) is 5.59. The summed E-state index contributed by atoms with van der Waals surface area (Å²) in [7, 11) is 0. The number of carbonyl (C=O) groups is 1. The van der Waals surface area contributed by atoms with Crippen molar-refractivity contribution in [1.82, 2.24) is 14.7 Å². The van der Waals surface area contributed by atoms with Crippen LogP contribution in [0.5, 0.6) is 5.75 Å². The van der Waals surface area contributed by atoms with Gasteiger partial charge in [-0.25, -0.2) is 9.48 Å². The summed E-state index contributed by atoms with van der Waals surface area (Å²) in [6.07, 6.45) is 3.76. The molecule has 0 aliphatic carbocycles. The molecule has 0 saturated heterocycles. The van der Waals surface area contributed by atoms with E-state index < -0.39 is 11.6 Å². The average Bonchev–Trinajstić information content (AvgIpc) is 3.45. The average molecular weight is 460 g/mol. The Labute approximate surface area is 199 Å². The number of aromatic nitrogens is 2. The van der Waals surface area contributed by atoms with Gasteiger partial charge in [0.05, 0.1) is 24.2 Å². The van der Waals surface area contributed by atoms with Gasteiger partial charge in [-0.1, -0.05) is 30.3 Å². The largest absolute Gasteiger partial charge is 0.478 e. The lowest BCUT2D eigenvalue weighted by Crippen LogP contribution is -2.37. The minimum Gasteiger partial charge on any atom is -0.478 e. The van der Waals surface area contributed by atoms with E-state index in [2.05, 4.69) is 11.1 Å². The molecule has 0 unspecified atom stereocenters. The maximum Gasteiger partial charge on any atom is 0.347 e. The zero-order valence-electron chi connectivity index (χ0n) is 19.6. The van der Waals surface area contributed by atoms with Crippen LogP contribution in [0.3, 0.4) is 0 Å². The third kappa shape index (κ3) is 5.74. The number of carboxylic acid groups (broad SMARTS) is 1. The molecule has 2 aromatic carbocycles. The van der Waals surface area contributed by atoms with Gasteiger partial charge in [-0.05, 0) is 62.7 Å². The van der Waals surface area contributed by atoms with Gasteiger partial charge in [0.15, 0.2) is 5.60 Å². The second-order valence-corrected chi connectivity index (χ2v) is 8.81. The Hall–Kier alpha value is -3.84. The van der Waals surface area contributed by atoms with Crippen molar-refractivity contribution < 1.29 is 19.1 Å². The highest BCUT2D eigenvalue weighted by Crippen LogP contribution is 2.22. The fourth-order valence-electron chi connectivity index (χ4n) is 3.65. The summed E-state index contributed by atoms with van der Waals surface area (Å²) < 4.78 is 13.1. The van der Waals surface area contributed by atoms with Crippen molar-refractivity contribution in [3.05, 3.63) is 102 Å². The lowest BCUT2D eigenvalue weighted by atomic mass is 10.1. The van der Waals surface area contributed by atoms with E-state index in [4.69, 9.17) is 14.3 Å². The van der Waals surface area contributed by atoms with Gasteiger partial charge in [-0.2, -0.15) is 5.10 Å². The standard InChI is InChI=1S/C27H29N3O4/c1-20-22(18-30(28-20)23-8-5-4-6-9-23)17-29(19-25-10-7-15-33-25)16-21-11-13-24(14-12-21)34-27(2,3)26(31)32/h4-15,18H,16-17,19H2,1-3H3,(H,31,32). The molecule has 0 radical (unpaired) electrons. The van der Waals surface area contributed by atoms with E-state index in [-0.39, 0.29) is 0 Å². The smallest absolute Gasteiger partial charge is 0.347 e. The van der Waals surface area contributed by atoms with Crippen LogP contribution in [0.2, 0.25) is 0 Å². The molecular formula is C27H29N3O4. The van der Waals surface area contributed by atoms with E-state index >= 15 is 0 Å². The molecule has 1 N–H and O–H groups in total. The van der Waals surface area contributed by atoms with Crippen LogP contribution in [0.25, 0.3) is 5.69 Å². The van der Waals surface area contributed by atoms with Crippen LogP contribution >= 0.6 is 0 Å². The molecular weight excluding hydrogens is 430 g/mol. The minimum absolute atomic E-state index is 0.522. The lowest BCUT2D eigenvalue weighted by Gasteiger charge is -2.23. The Morgan fingerprint density at radius 2 is 1.76 bits per heavy atom. The number of ether oxygens (including phenoxy) is 1. The Bertz CT molecular complexity index is 1210. The number of rotatable bonds is 10. The Morgan fingerprint density at radius 3 is 2.41 bits per heavy atom. The summed E-state index contributed by atoms with van der Waals surface area (Å²) in [5.74, 6) is 0.401. The van der Waals surface area contributed by atoms with Crippen molar-refractivity contribution in [2.24, 2.45) is 0 Å². The molecule has 4 aromatic rings. The van der Waals surface area contributed by atoms with Gasteiger partial charge in [0.1, 0.15) is 11.5 Å². The molecule has 0 saturated carbocycles. The first-order valence-electron chi connectivity index (χ1n) is 11.2. The molecule has 176 valence electrons. The predicted octanol–water partition coefficient (Wildman–Crippen LogP) is 5.22. The van der Waals surface area contributed by atoms with E-state index in [9.17, 15) is 9.90 Å². The summed E-state index contributed by atoms with van der Waals surface area (Å²) in [5, 5.41) is 14.0. The van der Waals surface area contributed by atoms with Crippen molar-refractivity contribution in [3.8, 4) is 11.4 Å². The molecule has 7 nitrogen and oxygen atoms in total. The van der Waals surface area contributed by atoms with Crippen molar-refractivity contribution in [1.29, 1.82) is 0 Å². The Balaban J connectivity index is 1.51. The Kier molecular flexibility index (Phi) is 6.84. The third-order valence-corrected chi connectivity index (χ3v) is 5.59. The second-order valence-electron chi connectivity index (χ2n) is 8.81. The first kappa shape index (κ1) is 23.3. The molecule has 0 atom stereocenters. The number of hydrogen-bond donors (Lipinski definition) is 1. The van der Waals surface area contributed by atoms with Crippen LogP contribution in [0, 0.1) is 6.92 Å². The van der Waals surface area contributed by atoms with Gasteiger partial charge < -0.3 is 14.3 Å². The molecule has 0 aliphatic rings. The number of hydrogen-bond acceptors (Lipinski definition) is 5. The number of benzene rings is 2. The number of aliphatic carboxylic acids is 1. The summed E-state index contributed by atoms with van der Waals surface area (Å²) in [5.41, 5.74) is 2.93. The summed E-state index contributed by atoms with van der Waals surface area (Å²) in [4.78, 5) is 13.6. The quantitative estimate of drug-likeness (QED) is 0.350. The van der Waals surface area contributed by atoms with Crippen molar-refractivity contribution in [2.45, 2.75) is 46.0 Å². The molecule has 34 heavy (non-hydrogen) atoms. The maximum absolute atomic E-state index is 11.3. The predicted molar refractivity (Wildman–Crippen MR) is 129 cm³/mol. The van der Waals surface area contributed by atoms with Crippen LogP contribution in [-0.4, -0.2) is 31.4 Å². The Morgan fingerprint density at radius 1 is 1.03 bits per heavy atom. The highest BCUT2D eigenvalue weighted by Gasteiger charge is 2.29. The van der Waals surface area contributed by atoms with Crippen LogP contribution in [0.4, 0.5) is 0 Å². The van der Waals surface area contributed by atoms with Gasteiger partial charge in [0.25, 0.3) is 0 Å². The van der Waals surface area contributed by atoms with E-state index in [1.165, 1.54) is 13.8 Å². The van der Waals surface area contributed by atoms with E-state index in [0.29, 0.717) is 25.4 Å². The maximum atomic E-state index is 11.3. The first-order valence-corrected chi connectivity index (χ1v) is 11.2. The number of para-hydroxylation sites is 1. The fourth-order valence-corrected chi connectivity index (χ4v) is 3.65. The molecule has 0 fully saturated rings. The SMILES string of the molecule is Cc1nn(-c2ccccc2)cc1CN(Cc1ccc(OC(C)(C)C(=O)O)cc1)Cc1ccco1. The number of furan rings is 1. The monoisotopic (exact) mass is 459 g/mol. The zero-order valence-corrected chi connectivity index (χ0v) is 19.6. The van der Waals surface area contributed by atoms with Crippen molar-refractivity contribution in [3.63, 3.8) is 0 Å². The highest BCUT2D eigenvalue weighted by atomic mass is 16.5. The normalized spacial score (nSPS) is 11.6. The van der Waals surface area contributed by atoms with Crippen LogP contribution in [0.15, 0.2) is 83.6 Å². The lowest BCUT2D eigenvalue weighted by molar-refractivity contribution is -0.152. The van der Waals surface area contributed by atoms with Gasteiger partial charge in [0.2, 0.25) is 0 Å². The van der Waals surface area contributed by atoms with E-state index in [0.717, 1.165) is 28.3 Å². The highest BCUT2D eigenvalue weighted by molar-refractivity contribution is 5.76. The van der Waals surface area contributed by atoms with Gasteiger partial charge >= 0.3 is 5.97 Å². The molecule has 0 bridgehead atoms. The van der Waals surface area contributed by atoms with E-state index in [1.807, 2.05) is 78.3 Å². The van der Waals surface area contributed by atoms with Crippen LogP contribution in [0.1, 0.15) is 36.4 Å². The summed E-state index contributed by atoms with van der Waals surface area (Å²) in [6.45, 7) is 7.12. The molecule has 0 amide bonds. The molecule has 7 heteroatoms. The molecule has 2 heterocycles. The van der Waals surface area contributed by atoms with Gasteiger partial charge in [-0.3, -0.25) is 4.90 Å². The topological polar surface area (TPSA) is 80.7 Å². The first-order chi connectivity index (χ1) is 16.3. The number of nitrogens with zero attached hydrogens (tertiary/aromatic N) is 3. The molecule has 4 rings (SSSR count). The molecule has 0 spiro atoms. The van der Waals surface area contributed by atoms with Crippen LogP contribution in [-0.2, 0) is 24.4 Å².